The van der Waals surface area contributed by atoms with Gasteiger partial charge in [0.1, 0.15) is 17.3 Å². The molecule has 1 saturated carbocycles. The van der Waals surface area contributed by atoms with Crippen molar-refractivity contribution in [1.29, 1.82) is 0 Å². The standard InChI is InChI=1S/C33H32ClFN6O4/c1-4-44-26-16-13-23(34)18-25(26)32-39-38-31(45-32)22-9-6-8-21(17-22)30(42)37-28-29(20-11-14-24(35)15-12-20)40(3)41(33(28)43)27-10-5-7-19(2)36-27/h5,7,10-16,18,21-22H,4,6,8-9,17H2,1-3H3,(H,37,42)/t21-,22?/m1/s1. The maximum absolute atomic E-state index is 13.9. The number of ether oxygens (including phenoxy) is 1. The molecule has 3 aromatic heterocycles. The summed E-state index contributed by atoms with van der Waals surface area (Å²) >= 11 is 6.23. The third-order valence-electron chi connectivity index (χ3n) is 8.03. The molecule has 2 atom stereocenters. The van der Waals surface area contributed by atoms with Gasteiger partial charge in [-0.15, -0.1) is 10.2 Å². The first-order valence-corrected chi connectivity index (χ1v) is 15.2. The molecule has 45 heavy (non-hydrogen) atoms. The summed E-state index contributed by atoms with van der Waals surface area (Å²) in [5.41, 5.74) is 2.01. The fraction of sp³-hybridized carbons (Fsp3) is 0.303. The van der Waals surface area contributed by atoms with Crippen LogP contribution in [-0.2, 0) is 11.8 Å². The minimum Gasteiger partial charge on any atom is -0.493 e. The van der Waals surface area contributed by atoms with Crippen LogP contribution in [0.25, 0.3) is 28.5 Å². The van der Waals surface area contributed by atoms with Crippen LogP contribution in [0.15, 0.2) is 69.9 Å². The highest BCUT2D eigenvalue weighted by molar-refractivity contribution is 6.30. The Kier molecular flexibility index (Phi) is 8.53. The number of carbonyl (C=O) groups is 1. The summed E-state index contributed by atoms with van der Waals surface area (Å²) in [5.74, 6) is 0.471. The van der Waals surface area contributed by atoms with Crippen LogP contribution in [0, 0.1) is 18.7 Å². The van der Waals surface area contributed by atoms with E-state index in [1.807, 2.05) is 26.0 Å². The number of rotatable bonds is 8. The second-order valence-corrected chi connectivity index (χ2v) is 11.5. The van der Waals surface area contributed by atoms with Crippen molar-refractivity contribution in [2.45, 2.75) is 45.4 Å². The lowest BCUT2D eigenvalue weighted by molar-refractivity contribution is -0.121. The Labute approximate surface area is 263 Å². The van der Waals surface area contributed by atoms with E-state index in [4.69, 9.17) is 20.8 Å². The second kappa shape index (κ2) is 12.7. The van der Waals surface area contributed by atoms with Gasteiger partial charge >= 0.3 is 0 Å². The van der Waals surface area contributed by atoms with Gasteiger partial charge in [0.15, 0.2) is 5.82 Å². The fourth-order valence-electron chi connectivity index (χ4n) is 5.90. The van der Waals surface area contributed by atoms with Gasteiger partial charge in [0, 0.05) is 35.2 Å². The topological polar surface area (TPSA) is 117 Å². The number of benzene rings is 2. The largest absolute Gasteiger partial charge is 0.493 e. The third-order valence-corrected chi connectivity index (χ3v) is 8.26. The Balaban J connectivity index is 1.28. The lowest BCUT2D eigenvalue weighted by Crippen LogP contribution is -2.30. The molecule has 1 unspecified atom stereocenters. The van der Waals surface area contributed by atoms with Gasteiger partial charge in [-0.3, -0.25) is 14.3 Å². The molecule has 0 bridgehead atoms. The van der Waals surface area contributed by atoms with Gasteiger partial charge in [-0.1, -0.05) is 24.1 Å². The van der Waals surface area contributed by atoms with Crippen LogP contribution < -0.4 is 15.6 Å². The van der Waals surface area contributed by atoms with Crippen LogP contribution >= 0.6 is 11.6 Å². The van der Waals surface area contributed by atoms with Gasteiger partial charge in [0.25, 0.3) is 11.4 Å². The van der Waals surface area contributed by atoms with E-state index >= 15 is 0 Å². The summed E-state index contributed by atoms with van der Waals surface area (Å²) in [4.78, 5) is 32.2. The Morgan fingerprint density at radius 1 is 1.13 bits per heavy atom. The predicted octanol–water partition coefficient (Wildman–Crippen LogP) is 6.70. The van der Waals surface area contributed by atoms with Gasteiger partial charge in [-0.05, 0) is 87.7 Å². The van der Waals surface area contributed by atoms with E-state index in [2.05, 4.69) is 20.5 Å². The second-order valence-electron chi connectivity index (χ2n) is 11.1. The highest BCUT2D eigenvalue weighted by atomic mass is 35.5. The first-order chi connectivity index (χ1) is 21.7. The van der Waals surface area contributed by atoms with Gasteiger partial charge in [0.05, 0.1) is 17.9 Å². The van der Waals surface area contributed by atoms with E-state index in [1.54, 1.807) is 48.1 Å². The Morgan fingerprint density at radius 3 is 2.69 bits per heavy atom. The molecule has 1 aliphatic rings. The molecule has 10 nitrogen and oxygen atoms in total. The number of hydrogen-bond donors (Lipinski definition) is 1. The summed E-state index contributed by atoms with van der Waals surface area (Å²) in [6, 6.07) is 16.4. The Bertz CT molecular complexity index is 1920. The summed E-state index contributed by atoms with van der Waals surface area (Å²) in [6.45, 7) is 4.18. The zero-order chi connectivity index (χ0) is 31.7. The van der Waals surface area contributed by atoms with Crippen LogP contribution in [0.2, 0.25) is 5.02 Å². The lowest BCUT2D eigenvalue weighted by Gasteiger charge is -2.26. The number of hydrogen-bond acceptors (Lipinski definition) is 7. The van der Waals surface area contributed by atoms with Crippen molar-refractivity contribution in [2.75, 3.05) is 11.9 Å². The molecule has 232 valence electrons. The van der Waals surface area contributed by atoms with Crippen molar-refractivity contribution >= 4 is 23.2 Å². The minimum absolute atomic E-state index is 0.101. The summed E-state index contributed by atoms with van der Waals surface area (Å²) in [7, 11) is 1.71. The zero-order valence-electron chi connectivity index (χ0n) is 25.1. The van der Waals surface area contributed by atoms with Crippen LogP contribution in [0.4, 0.5) is 10.1 Å². The number of nitrogens with one attached hydrogen (secondary N) is 1. The quantitative estimate of drug-likeness (QED) is 0.203. The van der Waals surface area contributed by atoms with Crippen molar-refractivity contribution in [3.05, 3.63) is 93.4 Å². The molecule has 12 heteroatoms. The van der Waals surface area contributed by atoms with Gasteiger partial charge in [-0.25, -0.2) is 9.37 Å². The summed E-state index contributed by atoms with van der Waals surface area (Å²) in [6.07, 6.45) is 2.64. The Hall–Kier alpha value is -4.77. The first kappa shape index (κ1) is 30.3. The molecule has 5 aromatic rings. The van der Waals surface area contributed by atoms with E-state index in [0.29, 0.717) is 64.6 Å². The lowest BCUT2D eigenvalue weighted by atomic mass is 9.81. The highest BCUT2D eigenvalue weighted by Crippen LogP contribution is 2.39. The molecule has 1 fully saturated rings. The average molecular weight is 631 g/mol. The molecule has 1 amide bonds. The summed E-state index contributed by atoms with van der Waals surface area (Å²) < 4.78 is 28.7. The molecule has 0 saturated heterocycles. The van der Waals surface area contributed by atoms with Crippen LogP contribution in [-0.4, -0.2) is 37.1 Å². The van der Waals surface area contributed by atoms with E-state index < -0.39 is 17.3 Å². The maximum Gasteiger partial charge on any atom is 0.297 e. The average Bonchev–Trinajstić information content (AvgIpc) is 3.61. The first-order valence-electron chi connectivity index (χ1n) is 14.8. The van der Waals surface area contributed by atoms with E-state index in [-0.39, 0.29) is 17.5 Å². The number of anilines is 1. The molecular weight excluding hydrogens is 599 g/mol. The zero-order valence-corrected chi connectivity index (χ0v) is 25.8. The predicted molar refractivity (Wildman–Crippen MR) is 168 cm³/mol. The number of aryl methyl sites for hydroxylation is 1. The fourth-order valence-corrected chi connectivity index (χ4v) is 6.07. The van der Waals surface area contributed by atoms with E-state index in [1.165, 1.54) is 16.8 Å². The molecule has 0 spiro atoms. The number of aromatic nitrogens is 5. The van der Waals surface area contributed by atoms with Crippen molar-refractivity contribution < 1.29 is 18.3 Å². The van der Waals surface area contributed by atoms with Crippen molar-refractivity contribution in [3.63, 3.8) is 0 Å². The van der Waals surface area contributed by atoms with Gasteiger partial charge < -0.3 is 14.5 Å². The van der Waals surface area contributed by atoms with Crippen LogP contribution in [0.3, 0.4) is 0 Å². The van der Waals surface area contributed by atoms with Gasteiger partial charge in [0.2, 0.25) is 11.8 Å². The monoisotopic (exact) mass is 630 g/mol. The molecule has 3 heterocycles. The molecule has 1 N–H and O–H groups in total. The molecule has 0 radical (unpaired) electrons. The minimum atomic E-state index is -0.441. The number of amides is 1. The highest BCUT2D eigenvalue weighted by Gasteiger charge is 2.33. The van der Waals surface area contributed by atoms with Crippen molar-refractivity contribution in [3.8, 4) is 34.3 Å². The summed E-state index contributed by atoms with van der Waals surface area (Å²) in [5, 5.41) is 12.0. The number of halogens is 2. The van der Waals surface area contributed by atoms with Crippen LogP contribution in [0.5, 0.6) is 5.75 Å². The van der Waals surface area contributed by atoms with Crippen molar-refractivity contribution in [2.24, 2.45) is 13.0 Å². The van der Waals surface area contributed by atoms with Crippen LogP contribution in [0.1, 0.15) is 50.1 Å². The SMILES string of the molecule is CCOc1ccc(Cl)cc1-c1nnc(C2CCC[C@@H](C(=O)Nc3c(-c4ccc(F)cc4)n(C)n(-c4cccc(C)n4)c3=O)C2)o1. The van der Waals surface area contributed by atoms with Gasteiger partial charge in [-0.2, -0.15) is 4.68 Å². The molecule has 6 rings (SSSR count). The number of nitrogens with zero attached hydrogens (tertiary/aromatic N) is 5. The normalized spacial score (nSPS) is 16.5. The smallest absolute Gasteiger partial charge is 0.297 e. The molecule has 0 aliphatic heterocycles. The van der Waals surface area contributed by atoms with E-state index in [0.717, 1.165) is 18.5 Å². The van der Waals surface area contributed by atoms with Crippen molar-refractivity contribution in [1.82, 2.24) is 24.5 Å². The molecule has 1 aliphatic carbocycles. The number of carbonyl (C=O) groups excluding carboxylic acids is 1. The molecular formula is C33H32ClFN6O4. The molecule has 2 aromatic carbocycles. The van der Waals surface area contributed by atoms with E-state index in [9.17, 15) is 14.0 Å². The maximum atomic E-state index is 13.9. The number of pyridine rings is 1. The third kappa shape index (κ3) is 6.12. The Morgan fingerprint density at radius 2 is 1.93 bits per heavy atom.